The van der Waals surface area contributed by atoms with Gasteiger partial charge in [0.1, 0.15) is 5.75 Å². The van der Waals surface area contributed by atoms with Crippen molar-refractivity contribution in [1.29, 1.82) is 0 Å². The zero-order valence-electron chi connectivity index (χ0n) is 13.6. The van der Waals surface area contributed by atoms with E-state index in [-0.39, 0.29) is 18.2 Å². The molecule has 2 aromatic rings. The Kier molecular flexibility index (Phi) is 6.21. The first-order valence-electron chi connectivity index (χ1n) is 7.48. The standard InChI is InChI=1S/C18H19ClN2O3/c1-20-18(23)13-7-9-16(24-2)15(11-13)21-17(22)10-8-12-5-3-4-6-14(12)19/h3-7,9,11H,8,10H2,1-2H3,(H,20,23)(H,21,22). The molecule has 0 spiro atoms. The van der Waals surface area contributed by atoms with Gasteiger partial charge in [-0.3, -0.25) is 9.59 Å². The molecule has 5 nitrogen and oxygen atoms in total. The molecule has 0 fully saturated rings. The lowest BCUT2D eigenvalue weighted by atomic mass is 10.1. The van der Waals surface area contributed by atoms with Gasteiger partial charge in [-0.2, -0.15) is 0 Å². The van der Waals surface area contributed by atoms with Gasteiger partial charge in [0.15, 0.2) is 0 Å². The number of benzene rings is 2. The highest BCUT2D eigenvalue weighted by atomic mass is 35.5. The van der Waals surface area contributed by atoms with Crippen LogP contribution in [0.25, 0.3) is 0 Å². The minimum Gasteiger partial charge on any atom is -0.495 e. The van der Waals surface area contributed by atoms with E-state index < -0.39 is 0 Å². The Morgan fingerprint density at radius 3 is 2.58 bits per heavy atom. The van der Waals surface area contributed by atoms with Gasteiger partial charge in [0, 0.05) is 24.1 Å². The number of carbonyl (C=O) groups is 2. The van der Waals surface area contributed by atoms with Crippen molar-refractivity contribution in [3.8, 4) is 5.75 Å². The van der Waals surface area contributed by atoms with Crippen LogP contribution in [0, 0.1) is 0 Å². The molecule has 0 bridgehead atoms. The van der Waals surface area contributed by atoms with Crippen LogP contribution in [-0.4, -0.2) is 26.0 Å². The van der Waals surface area contributed by atoms with Crippen LogP contribution in [0.3, 0.4) is 0 Å². The third-order valence-electron chi connectivity index (χ3n) is 3.54. The van der Waals surface area contributed by atoms with Crippen LogP contribution in [0.2, 0.25) is 5.02 Å². The molecule has 0 aliphatic heterocycles. The number of ether oxygens (including phenoxy) is 1. The molecule has 2 rings (SSSR count). The van der Waals surface area contributed by atoms with Crippen molar-refractivity contribution in [2.45, 2.75) is 12.8 Å². The SMILES string of the molecule is CNC(=O)c1ccc(OC)c(NC(=O)CCc2ccccc2Cl)c1. The van der Waals surface area contributed by atoms with Gasteiger partial charge in [-0.15, -0.1) is 0 Å². The molecule has 6 heteroatoms. The quantitative estimate of drug-likeness (QED) is 0.843. The maximum atomic E-state index is 12.2. The molecule has 0 aliphatic rings. The van der Waals surface area contributed by atoms with Crippen molar-refractivity contribution in [3.63, 3.8) is 0 Å². The van der Waals surface area contributed by atoms with E-state index in [0.29, 0.717) is 28.4 Å². The van der Waals surface area contributed by atoms with Crippen molar-refractivity contribution in [2.24, 2.45) is 0 Å². The van der Waals surface area contributed by atoms with Crippen LogP contribution in [-0.2, 0) is 11.2 Å². The van der Waals surface area contributed by atoms with E-state index in [1.807, 2.05) is 18.2 Å². The number of amides is 2. The summed E-state index contributed by atoms with van der Waals surface area (Å²) in [4.78, 5) is 23.9. The van der Waals surface area contributed by atoms with E-state index in [1.54, 1.807) is 31.3 Å². The van der Waals surface area contributed by atoms with Gasteiger partial charge in [-0.1, -0.05) is 29.8 Å². The second-order valence-corrected chi connectivity index (χ2v) is 5.54. The van der Waals surface area contributed by atoms with Crippen molar-refractivity contribution >= 4 is 29.1 Å². The van der Waals surface area contributed by atoms with E-state index in [2.05, 4.69) is 10.6 Å². The molecule has 0 radical (unpaired) electrons. The molecule has 0 saturated carbocycles. The maximum absolute atomic E-state index is 12.2. The topological polar surface area (TPSA) is 67.4 Å². The Hall–Kier alpha value is -2.53. The van der Waals surface area contributed by atoms with E-state index in [0.717, 1.165) is 5.56 Å². The highest BCUT2D eigenvalue weighted by Crippen LogP contribution is 2.26. The Bertz CT molecular complexity index is 747. The second-order valence-electron chi connectivity index (χ2n) is 5.13. The predicted octanol–water partition coefficient (Wildman–Crippen LogP) is 3.28. The Morgan fingerprint density at radius 1 is 1.17 bits per heavy atom. The molecule has 126 valence electrons. The highest BCUT2D eigenvalue weighted by molar-refractivity contribution is 6.31. The zero-order valence-corrected chi connectivity index (χ0v) is 14.3. The average molecular weight is 347 g/mol. The Morgan fingerprint density at radius 2 is 1.92 bits per heavy atom. The molecular weight excluding hydrogens is 328 g/mol. The first-order chi connectivity index (χ1) is 11.5. The Labute approximate surface area is 146 Å². The molecule has 24 heavy (non-hydrogen) atoms. The molecule has 0 heterocycles. The summed E-state index contributed by atoms with van der Waals surface area (Å²) in [5, 5.41) is 5.97. The summed E-state index contributed by atoms with van der Waals surface area (Å²) < 4.78 is 5.23. The van der Waals surface area contributed by atoms with Crippen molar-refractivity contribution < 1.29 is 14.3 Å². The summed E-state index contributed by atoms with van der Waals surface area (Å²) in [7, 11) is 3.06. The number of hydrogen-bond acceptors (Lipinski definition) is 3. The highest BCUT2D eigenvalue weighted by Gasteiger charge is 2.12. The summed E-state index contributed by atoms with van der Waals surface area (Å²) in [5.74, 6) is 0.0836. The van der Waals surface area contributed by atoms with Crippen LogP contribution in [0.15, 0.2) is 42.5 Å². The number of carbonyl (C=O) groups excluding carboxylic acids is 2. The van der Waals surface area contributed by atoms with Gasteiger partial charge in [-0.05, 0) is 36.2 Å². The number of aryl methyl sites for hydroxylation is 1. The van der Waals surface area contributed by atoms with Gasteiger partial charge >= 0.3 is 0 Å². The fourth-order valence-corrected chi connectivity index (χ4v) is 2.48. The summed E-state index contributed by atoms with van der Waals surface area (Å²) in [5.41, 5.74) is 1.82. The average Bonchev–Trinajstić information content (AvgIpc) is 2.60. The molecule has 0 unspecified atom stereocenters. The van der Waals surface area contributed by atoms with E-state index >= 15 is 0 Å². The van der Waals surface area contributed by atoms with Crippen molar-refractivity contribution in [3.05, 3.63) is 58.6 Å². The number of methoxy groups -OCH3 is 1. The lowest BCUT2D eigenvalue weighted by molar-refractivity contribution is -0.116. The minimum absolute atomic E-state index is 0.178. The second kappa shape index (κ2) is 8.36. The molecular formula is C18H19ClN2O3. The molecule has 0 saturated heterocycles. The largest absolute Gasteiger partial charge is 0.495 e. The lowest BCUT2D eigenvalue weighted by Crippen LogP contribution is -2.19. The smallest absolute Gasteiger partial charge is 0.251 e. The lowest BCUT2D eigenvalue weighted by Gasteiger charge is -2.12. The zero-order chi connectivity index (χ0) is 17.5. The molecule has 2 aromatic carbocycles. The summed E-state index contributed by atoms with van der Waals surface area (Å²) in [6.07, 6.45) is 0.806. The number of anilines is 1. The summed E-state index contributed by atoms with van der Waals surface area (Å²) >= 11 is 6.09. The van der Waals surface area contributed by atoms with Gasteiger partial charge in [0.05, 0.1) is 12.8 Å². The number of hydrogen-bond donors (Lipinski definition) is 2. The van der Waals surface area contributed by atoms with Crippen molar-refractivity contribution in [2.75, 3.05) is 19.5 Å². The number of rotatable bonds is 6. The third-order valence-corrected chi connectivity index (χ3v) is 3.91. The van der Waals surface area contributed by atoms with Gasteiger partial charge in [0.2, 0.25) is 5.91 Å². The van der Waals surface area contributed by atoms with Crippen LogP contribution < -0.4 is 15.4 Å². The molecule has 2 N–H and O–H groups in total. The fraction of sp³-hybridized carbons (Fsp3) is 0.222. The van der Waals surface area contributed by atoms with Crippen LogP contribution in [0.5, 0.6) is 5.75 Å². The molecule has 0 aliphatic carbocycles. The molecule has 2 amide bonds. The number of halogens is 1. The van der Waals surface area contributed by atoms with E-state index in [1.165, 1.54) is 7.11 Å². The maximum Gasteiger partial charge on any atom is 0.251 e. The fourth-order valence-electron chi connectivity index (χ4n) is 2.25. The minimum atomic E-state index is -0.232. The summed E-state index contributed by atoms with van der Waals surface area (Å²) in [6, 6.07) is 12.3. The predicted molar refractivity (Wildman–Crippen MR) is 94.8 cm³/mol. The first kappa shape index (κ1) is 17.8. The summed E-state index contributed by atoms with van der Waals surface area (Å²) in [6.45, 7) is 0. The normalized spacial score (nSPS) is 10.1. The molecule has 0 atom stereocenters. The molecule has 0 aromatic heterocycles. The van der Waals surface area contributed by atoms with Crippen LogP contribution in [0.1, 0.15) is 22.3 Å². The van der Waals surface area contributed by atoms with Crippen LogP contribution in [0.4, 0.5) is 5.69 Å². The van der Waals surface area contributed by atoms with Gasteiger partial charge in [-0.25, -0.2) is 0 Å². The first-order valence-corrected chi connectivity index (χ1v) is 7.86. The van der Waals surface area contributed by atoms with E-state index in [9.17, 15) is 9.59 Å². The van der Waals surface area contributed by atoms with Gasteiger partial charge in [0.25, 0.3) is 5.91 Å². The van der Waals surface area contributed by atoms with Crippen molar-refractivity contribution in [1.82, 2.24) is 5.32 Å². The third kappa shape index (κ3) is 4.49. The van der Waals surface area contributed by atoms with E-state index in [4.69, 9.17) is 16.3 Å². The van der Waals surface area contributed by atoms with Gasteiger partial charge < -0.3 is 15.4 Å². The number of nitrogens with one attached hydrogen (secondary N) is 2. The van der Waals surface area contributed by atoms with Crippen LogP contribution >= 0.6 is 11.6 Å². The Balaban J connectivity index is 2.07. The monoisotopic (exact) mass is 346 g/mol.